The lowest BCUT2D eigenvalue weighted by atomic mass is 9.93. The molecule has 0 saturated heterocycles. The summed E-state index contributed by atoms with van der Waals surface area (Å²) in [5.74, 6) is -1.11. The van der Waals surface area contributed by atoms with Crippen molar-refractivity contribution < 1.29 is 19.8 Å². The fourth-order valence-corrected chi connectivity index (χ4v) is 5.03. The number of H-pyrrole nitrogens is 1. The van der Waals surface area contributed by atoms with Gasteiger partial charge in [-0.25, -0.2) is 9.78 Å². The minimum atomic E-state index is -1.19. The van der Waals surface area contributed by atoms with Crippen LogP contribution in [0.2, 0.25) is 5.02 Å². The zero-order valence-corrected chi connectivity index (χ0v) is 21.9. The summed E-state index contributed by atoms with van der Waals surface area (Å²) in [5.41, 5.74) is 3.53. The number of nitrogens with zero attached hydrogens (tertiary/aromatic N) is 1. The summed E-state index contributed by atoms with van der Waals surface area (Å²) in [4.78, 5) is 33.4. The number of aromatic amines is 1. The van der Waals surface area contributed by atoms with Crippen LogP contribution in [0.1, 0.15) is 52.1 Å². The van der Waals surface area contributed by atoms with Crippen LogP contribution in [0, 0.1) is 0 Å². The van der Waals surface area contributed by atoms with E-state index in [1.54, 1.807) is 48.5 Å². The van der Waals surface area contributed by atoms with Gasteiger partial charge in [-0.05, 0) is 47.9 Å². The van der Waals surface area contributed by atoms with Crippen LogP contribution < -0.4 is 5.32 Å². The molecule has 7 nitrogen and oxygen atoms in total. The number of hydrogen-bond acceptors (Lipinski definition) is 4. The molecule has 0 radical (unpaired) electrons. The average Bonchev–Trinajstić information content (AvgIpc) is 3.38. The van der Waals surface area contributed by atoms with E-state index < -0.39 is 5.97 Å². The summed E-state index contributed by atoms with van der Waals surface area (Å²) >= 11 is 6.63. The third-order valence-corrected chi connectivity index (χ3v) is 6.94. The van der Waals surface area contributed by atoms with E-state index in [2.05, 4.69) is 15.3 Å². The number of imidazole rings is 1. The smallest absolute Gasteiger partial charge is 0.336 e. The van der Waals surface area contributed by atoms with Gasteiger partial charge in [0.05, 0.1) is 17.1 Å². The Balaban J connectivity index is 1.56. The number of halogens is 1. The van der Waals surface area contributed by atoms with E-state index in [9.17, 15) is 19.8 Å². The Labute approximate surface area is 230 Å². The van der Waals surface area contributed by atoms with Gasteiger partial charge in [-0.15, -0.1) is 0 Å². The molecule has 8 heteroatoms. The predicted molar refractivity (Wildman–Crippen MR) is 152 cm³/mol. The molecule has 4 N–H and O–H groups in total. The number of aromatic nitrogens is 2. The summed E-state index contributed by atoms with van der Waals surface area (Å²) in [6.07, 6.45) is 1.61. The van der Waals surface area contributed by atoms with Crippen molar-refractivity contribution >= 4 is 34.5 Å². The van der Waals surface area contributed by atoms with Gasteiger partial charge in [0.25, 0.3) is 5.91 Å². The number of aromatic carboxylic acids is 1. The number of rotatable bonds is 8. The molecule has 1 atom stereocenters. The lowest BCUT2D eigenvalue weighted by molar-refractivity contribution is 0.0697. The van der Waals surface area contributed by atoms with Gasteiger partial charge < -0.3 is 20.5 Å². The molecule has 1 heterocycles. The van der Waals surface area contributed by atoms with Gasteiger partial charge >= 0.3 is 5.97 Å². The van der Waals surface area contributed by atoms with E-state index in [1.807, 2.05) is 37.3 Å². The number of amides is 1. The third-order valence-electron chi connectivity index (χ3n) is 6.63. The van der Waals surface area contributed by atoms with E-state index in [0.717, 1.165) is 18.4 Å². The maximum Gasteiger partial charge on any atom is 0.336 e. The highest BCUT2D eigenvalue weighted by Crippen LogP contribution is 2.39. The Morgan fingerprint density at radius 1 is 0.974 bits per heavy atom. The van der Waals surface area contributed by atoms with Gasteiger partial charge in [0.1, 0.15) is 17.1 Å². The molecule has 4 aromatic carbocycles. The van der Waals surface area contributed by atoms with Gasteiger partial charge in [-0.1, -0.05) is 79.5 Å². The van der Waals surface area contributed by atoms with E-state index >= 15 is 0 Å². The molecule has 5 aromatic rings. The van der Waals surface area contributed by atoms with Crippen molar-refractivity contribution in [3.63, 3.8) is 0 Å². The number of fused-ring (bicyclic) bond motifs is 1. The van der Waals surface area contributed by atoms with Crippen LogP contribution in [-0.4, -0.2) is 32.1 Å². The molecule has 5 rings (SSSR count). The molecule has 1 aromatic heterocycles. The highest BCUT2D eigenvalue weighted by molar-refractivity contribution is 6.34. The van der Waals surface area contributed by atoms with Crippen molar-refractivity contribution in [1.29, 1.82) is 0 Å². The first-order chi connectivity index (χ1) is 18.9. The molecule has 0 unspecified atom stereocenters. The van der Waals surface area contributed by atoms with E-state index in [1.165, 1.54) is 6.07 Å². The molecule has 0 aliphatic heterocycles. The molecule has 0 fully saturated rings. The number of carbonyl (C=O) groups is 2. The first-order valence-corrected chi connectivity index (χ1v) is 12.9. The van der Waals surface area contributed by atoms with Crippen LogP contribution in [0.15, 0.2) is 84.9 Å². The summed E-state index contributed by atoms with van der Waals surface area (Å²) < 4.78 is 0. The minimum Gasteiger partial charge on any atom is -0.506 e. The highest BCUT2D eigenvalue weighted by Gasteiger charge is 2.23. The van der Waals surface area contributed by atoms with Crippen molar-refractivity contribution in [2.75, 3.05) is 0 Å². The topological polar surface area (TPSA) is 115 Å². The maximum atomic E-state index is 13.2. The van der Waals surface area contributed by atoms with Gasteiger partial charge in [-0.2, -0.15) is 0 Å². The number of benzene rings is 4. The Morgan fingerprint density at radius 2 is 1.74 bits per heavy atom. The number of aromatic hydroxyl groups is 1. The third kappa shape index (κ3) is 5.22. The second kappa shape index (κ2) is 11.0. The standard InChI is InChI=1S/C31H26ClN3O4/c1-2-8-24(18-9-4-3-5-10-18)34-30(37)19-15-16-20(22(17-19)31(38)39)27-21(11-6-12-23(27)32)29-33-25-13-7-14-26(36)28(25)35-29/h3-7,9-17,24,36H,2,8H2,1H3,(H,33,35)(H,34,37)(H,38,39)/t24-/m1/s1. The number of carboxylic acids is 1. The van der Waals surface area contributed by atoms with Crippen molar-refractivity contribution in [3.05, 3.63) is 107 Å². The van der Waals surface area contributed by atoms with Gasteiger partial charge in [-0.3, -0.25) is 4.79 Å². The SMILES string of the molecule is CCC[C@@H](NC(=O)c1ccc(-c2c(Cl)cccc2-c2nc3c(O)cccc3[nH]2)c(C(=O)O)c1)c1ccccc1. The van der Waals surface area contributed by atoms with Gasteiger partial charge in [0.15, 0.2) is 0 Å². The number of phenols is 1. The lowest BCUT2D eigenvalue weighted by Gasteiger charge is -2.19. The van der Waals surface area contributed by atoms with E-state index in [0.29, 0.717) is 38.6 Å². The van der Waals surface area contributed by atoms with Crippen molar-refractivity contribution in [2.45, 2.75) is 25.8 Å². The van der Waals surface area contributed by atoms with Crippen LogP contribution in [0.3, 0.4) is 0 Å². The van der Waals surface area contributed by atoms with Crippen LogP contribution in [0.4, 0.5) is 0 Å². The first-order valence-electron chi connectivity index (χ1n) is 12.6. The molecule has 0 aliphatic rings. The number of phenolic OH excluding ortho intramolecular Hbond substituents is 1. The van der Waals surface area contributed by atoms with Crippen molar-refractivity contribution in [1.82, 2.24) is 15.3 Å². The van der Waals surface area contributed by atoms with E-state index in [-0.39, 0.29) is 28.8 Å². The second-order valence-corrected chi connectivity index (χ2v) is 9.62. The molecule has 0 bridgehead atoms. The Bertz CT molecular complexity index is 1680. The number of nitrogens with one attached hydrogen (secondary N) is 2. The van der Waals surface area contributed by atoms with Crippen LogP contribution in [0.25, 0.3) is 33.5 Å². The molecule has 0 spiro atoms. The first kappa shape index (κ1) is 26.0. The molecular formula is C31H26ClN3O4. The quantitative estimate of drug-likeness (QED) is 0.166. The number of carboxylic acid groups (broad SMARTS) is 1. The molecule has 39 heavy (non-hydrogen) atoms. The zero-order chi connectivity index (χ0) is 27.5. The van der Waals surface area contributed by atoms with Crippen LogP contribution in [0.5, 0.6) is 5.75 Å². The largest absolute Gasteiger partial charge is 0.506 e. The molecule has 0 saturated carbocycles. The van der Waals surface area contributed by atoms with Crippen LogP contribution in [-0.2, 0) is 0 Å². The fourth-order valence-electron chi connectivity index (χ4n) is 4.76. The lowest BCUT2D eigenvalue weighted by Crippen LogP contribution is -2.28. The number of carbonyl (C=O) groups excluding carboxylic acids is 1. The number of para-hydroxylation sites is 1. The van der Waals surface area contributed by atoms with E-state index in [4.69, 9.17) is 11.6 Å². The molecular weight excluding hydrogens is 514 g/mol. The molecule has 0 aliphatic carbocycles. The maximum absolute atomic E-state index is 13.2. The summed E-state index contributed by atoms with van der Waals surface area (Å²) in [5, 5.41) is 23.7. The molecule has 196 valence electrons. The Morgan fingerprint density at radius 3 is 2.46 bits per heavy atom. The molecule has 1 amide bonds. The fraction of sp³-hybridized carbons (Fsp3) is 0.129. The van der Waals surface area contributed by atoms with Crippen molar-refractivity contribution in [2.24, 2.45) is 0 Å². The minimum absolute atomic E-state index is 0.0250. The van der Waals surface area contributed by atoms with Crippen molar-refractivity contribution in [3.8, 4) is 28.3 Å². The van der Waals surface area contributed by atoms with Gasteiger partial charge in [0.2, 0.25) is 0 Å². The monoisotopic (exact) mass is 539 g/mol. The van der Waals surface area contributed by atoms with Gasteiger partial charge in [0, 0.05) is 21.7 Å². The summed E-state index contributed by atoms with van der Waals surface area (Å²) in [7, 11) is 0. The van der Waals surface area contributed by atoms with Crippen LogP contribution >= 0.6 is 11.6 Å². The summed E-state index contributed by atoms with van der Waals surface area (Å²) in [6.45, 7) is 2.05. The summed E-state index contributed by atoms with van der Waals surface area (Å²) in [6, 6.07) is 24.3. The predicted octanol–water partition coefficient (Wildman–Crippen LogP) is 7.23. The second-order valence-electron chi connectivity index (χ2n) is 9.21. The highest BCUT2D eigenvalue weighted by atomic mass is 35.5. The zero-order valence-electron chi connectivity index (χ0n) is 21.1. The Kier molecular flexibility index (Phi) is 7.34. The number of hydrogen-bond donors (Lipinski definition) is 4. The average molecular weight is 540 g/mol. The Hall–Kier alpha value is -4.62. The normalized spacial score (nSPS) is 11.8.